The van der Waals surface area contributed by atoms with Gasteiger partial charge in [-0.3, -0.25) is 0 Å². The topological polar surface area (TPSA) is 50.7 Å². The van der Waals surface area contributed by atoms with Gasteiger partial charge in [0.15, 0.2) is 0 Å². The summed E-state index contributed by atoms with van der Waals surface area (Å²) >= 11 is 0. The van der Waals surface area contributed by atoms with Gasteiger partial charge >= 0.3 is 0 Å². The van der Waals surface area contributed by atoms with Gasteiger partial charge in [-0.1, -0.05) is 50.1 Å². The summed E-state index contributed by atoms with van der Waals surface area (Å²) in [4.78, 5) is 0. The summed E-state index contributed by atoms with van der Waals surface area (Å²) in [6.45, 7) is 2.96. The zero-order chi connectivity index (χ0) is 12.8. The molecule has 0 aromatic heterocycles. The average Bonchev–Trinajstić information content (AvgIpc) is 2.41. The maximum atomic E-state index is 6.11. The van der Waals surface area contributed by atoms with Crippen LogP contribution in [0.25, 0.3) is 10.8 Å². The first-order valence-electron chi connectivity index (χ1n) is 6.47. The largest absolute Gasteiger partial charge is 0.396 e. The predicted molar refractivity (Wildman–Crippen MR) is 77.3 cm³/mol. The Hall–Kier alpha value is -1.90. The molecule has 0 aliphatic carbocycles. The molecule has 0 aliphatic heterocycles. The van der Waals surface area contributed by atoms with Crippen molar-refractivity contribution in [3.63, 3.8) is 0 Å². The van der Waals surface area contributed by atoms with E-state index in [0.29, 0.717) is 5.69 Å². The Kier molecular flexibility index (Phi) is 4.29. The van der Waals surface area contributed by atoms with Gasteiger partial charge in [-0.15, -0.1) is 0 Å². The Morgan fingerprint density at radius 3 is 2.72 bits per heavy atom. The lowest BCUT2D eigenvalue weighted by molar-refractivity contribution is 0.713. The predicted octanol–water partition coefficient (Wildman–Crippen LogP) is 4.70. The molecule has 0 spiro atoms. The molecule has 0 saturated heterocycles. The van der Waals surface area contributed by atoms with Gasteiger partial charge in [0.1, 0.15) is 5.69 Å². The van der Waals surface area contributed by atoms with E-state index in [2.05, 4.69) is 17.2 Å². The van der Waals surface area contributed by atoms with Crippen molar-refractivity contribution in [1.29, 1.82) is 0 Å². The Bertz CT molecular complexity index is 546. The lowest BCUT2D eigenvalue weighted by Gasteiger charge is -2.04. The second kappa shape index (κ2) is 6.15. The van der Waals surface area contributed by atoms with Gasteiger partial charge in [0.05, 0.1) is 12.2 Å². The molecule has 2 N–H and O–H groups in total. The van der Waals surface area contributed by atoms with E-state index in [0.717, 1.165) is 29.4 Å². The van der Waals surface area contributed by atoms with E-state index >= 15 is 0 Å². The Labute approximate surface area is 108 Å². The van der Waals surface area contributed by atoms with Crippen molar-refractivity contribution in [3.8, 4) is 0 Å². The zero-order valence-electron chi connectivity index (χ0n) is 10.8. The lowest BCUT2D eigenvalue weighted by atomic mass is 10.1. The molecule has 0 bridgehead atoms. The minimum atomic E-state index is 0.715. The first-order valence-corrected chi connectivity index (χ1v) is 6.47. The molecule has 18 heavy (non-hydrogen) atoms. The Morgan fingerprint density at radius 1 is 1.06 bits per heavy atom. The highest BCUT2D eigenvalue weighted by molar-refractivity contribution is 5.97. The smallest absolute Gasteiger partial charge is 0.109 e. The van der Waals surface area contributed by atoms with Crippen molar-refractivity contribution in [1.82, 2.24) is 0 Å². The molecule has 0 fully saturated rings. The fourth-order valence-electron chi connectivity index (χ4n) is 1.93. The number of nitrogen functional groups attached to an aromatic ring is 1. The SMILES string of the molecule is CCCCC/N=N/c1ccc2ccccc2c1N. The highest BCUT2D eigenvalue weighted by Gasteiger charge is 2.02. The van der Waals surface area contributed by atoms with Crippen LogP contribution in [0.15, 0.2) is 46.6 Å². The molecule has 2 aromatic rings. The van der Waals surface area contributed by atoms with E-state index in [1.54, 1.807) is 0 Å². The van der Waals surface area contributed by atoms with Gasteiger partial charge in [0.2, 0.25) is 0 Å². The molecule has 0 radical (unpaired) electrons. The molecule has 2 aromatic carbocycles. The second-order valence-corrected chi connectivity index (χ2v) is 4.39. The van der Waals surface area contributed by atoms with Crippen LogP contribution in [-0.4, -0.2) is 6.54 Å². The first kappa shape index (κ1) is 12.6. The molecule has 0 amide bonds. The number of nitrogens with two attached hydrogens (primary N) is 1. The molecule has 0 unspecified atom stereocenters. The van der Waals surface area contributed by atoms with E-state index < -0.39 is 0 Å². The molecule has 94 valence electrons. The molecule has 0 heterocycles. The number of benzene rings is 2. The highest BCUT2D eigenvalue weighted by Crippen LogP contribution is 2.30. The van der Waals surface area contributed by atoms with Crippen LogP contribution < -0.4 is 5.73 Å². The lowest BCUT2D eigenvalue weighted by Crippen LogP contribution is -1.87. The number of anilines is 1. The fraction of sp³-hybridized carbons (Fsp3) is 0.333. The second-order valence-electron chi connectivity index (χ2n) is 4.39. The summed E-state index contributed by atoms with van der Waals surface area (Å²) in [6, 6.07) is 12.0. The van der Waals surface area contributed by atoms with Crippen LogP contribution in [0, 0.1) is 0 Å². The van der Waals surface area contributed by atoms with Crippen LogP contribution >= 0.6 is 0 Å². The maximum Gasteiger partial charge on any atom is 0.109 e. The van der Waals surface area contributed by atoms with E-state index in [1.807, 2.05) is 36.4 Å². The van der Waals surface area contributed by atoms with E-state index in [9.17, 15) is 0 Å². The van der Waals surface area contributed by atoms with Crippen molar-refractivity contribution in [2.24, 2.45) is 10.2 Å². The molecular weight excluding hydrogens is 222 g/mol. The van der Waals surface area contributed by atoms with Crippen LogP contribution in [0.5, 0.6) is 0 Å². The van der Waals surface area contributed by atoms with Gasteiger partial charge in [0, 0.05) is 5.39 Å². The summed E-state index contributed by atoms with van der Waals surface area (Å²) in [5, 5.41) is 10.6. The minimum Gasteiger partial charge on any atom is -0.396 e. The molecule has 3 heteroatoms. The third-order valence-electron chi connectivity index (χ3n) is 2.99. The summed E-state index contributed by atoms with van der Waals surface area (Å²) in [7, 11) is 0. The van der Waals surface area contributed by atoms with E-state index in [1.165, 1.54) is 12.8 Å². The molecule has 2 rings (SSSR count). The van der Waals surface area contributed by atoms with Gasteiger partial charge in [0.25, 0.3) is 0 Å². The van der Waals surface area contributed by atoms with Gasteiger partial charge in [-0.05, 0) is 17.9 Å². The Morgan fingerprint density at radius 2 is 1.89 bits per heavy atom. The van der Waals surface area contributed by atoms with Crippen LogP contribution in [0.2, 0.25) is 0 Å². The number of unbranched alkanes of at least 4 members (excludes halogenated alkanes) is 2. The summed E-state index contributed by atoms with van der Waals surface area (Å²) < 4.78 is 0. The maximum absolute atomic E-state index is 6.11. The molecule has 0 saturated carbocycles. The van der Waals surface area contributed by atoms with Crippen LogP contribution in [0.1, 0.15) is 26.2 Å². The summed E-state index contributed by atoms with van der Waals surface area (Å²) in [5.41, 5.74) is 7.59. The normalized spacial score (nSPS) is 11.4. The average molecular weight is 241 g/mol. The number of rotatable bonds is 5. The summed E-state index contributed by atoms with van der Waals surface area (Å²) in [5.74, 6) is 0. The number of nitrogens with zero attached hydrogens (tertiary/aromatic N) is 2. The van der Waals surface area contributed by atoms with Crippen molar-refractivity contribution in [2.45, 2.75) is 26.2 Å². The van der Waals surface area contributed by atoms with Crippen LogP contribution in [0.3, 0.4) is 0 Å². The third-order valence-corrected chi connectivity index (χ3v) is 2.99. The van der Waals surface area contributed by atoms with Crippen molar-refractivity contribution in [2.75, 3.05) is 12.3 Å². The number of azo groups is 1. The van der Waals surface area contributed by atoms with E-state index in [-0.39, 0.29) is 0 Å². The van der Waals surface area contributed by atoms with Gasteiger partial charge in [-0.25, -0.2) is 0 Å². The van der Waals surface area contributed by atoms with Crippen molar-refractivity contribution in [3.05, 3.63) is 36.4 Å². The Balaban J connectivity index is 2.16. The third kappa shape index (κ3) is 2.86. The fourth-order valence-corrected chi connectivity index (χ4v) is 1.93. The van der Waals surface area contributed by atoms with Gasteiger partial charge in [-0.2, -0.15) is 10.2 Å². The van der Waals surface area contributed by atoms with Crippen LogP contribution in [0.4, 0.5) is 11.4 Å². The number of fused-ring (bicyclic) bond motifs is 1. The molecule has 0 atom stereocenters. The highest BCUT2D eigenvalue weighted by atomic mass is 15.1. The number of hydrogen-bond donors (Lipinski definition) is 1. The van der Waals surface area contributed by atoms with Crippen LogP contribution in [-0.2, 0) is 0 Å². The molecule has 3 nitrogen and oxygen atoms in total. The molecular formula is C15H19N3. The first-order chi connectivity index (χ1) is 8.83. The monoisotopic (exact) mass is 241 g/mol. The molecule has 0 aliphatic rings. The minimum absolute atomic E-state index is 0.715. The number of hydrogen-bond acceptors (Lipinski definition) is 3. The van der Waals surface area contributed by atoms with Crippen molar-refractivity contribution >= 4 is 22.1 Å². The van der Waals surface area contributed by atoms with Crippen molar-refractivity contribution < 1.29 is 0 Å². The quantitative estimate of drug-likeness (QED) is 0.460. The standard InChI is InChI=1S/C15H19N3/c1-2-3-6-11-17-18-14-10-9-12-7-4-5-8-13(12)15(14)16/h4-5,7-10H,2-3,6,11,16H2,1H3/b18-17+. The summed E-state index contributed by atoms with van der Waals surface area (Å²) in [6.07, 6.45) is 3.49. The van der Waals surface area contributed by atoms with E-state index in [4.69, 9.17) is 5.73 Å². The zero-order valence-corrected chi connectivity index (χ0v) is 10.8. The van der Waals surface area contributed by atoms with Gasteiger partial charge < -0.3 is 5.73 Å².